The summed E-state index contributed by atoms with van der Waals surface area (Å²) in [5.41, 5.74) is 4.15. The van der Waals surface area contributed by atoms with Gasteiger partial charge < -0.3 is 0 Å². The number of fused-ring (bicyclic) bond motifs is 3. The summed E-state index contributed by atoms with van der Waals surface area (Å²) in [5, 5.41) is 0. The van der Waals surface area contributed by atoms with Crippen molar-refractivity contribution in [2.45, 2.75) is 19.8 Å². The van der Waals surface area contributed by atoms with Gasteiger partial charge in [-0.25, -0.2) is 9.97 Å². The molecule has 3 heteroatoms. The summed E-state index contributed by atoms with van der Waals surface area (Å²) in [6.07, 6.45) is 3.93. The van der Waals surface area contributed by atoms with Gasteiger partial charge in [0.1, 0.15) is 5.65 Å². The zero-order chi connectivity index (χ0) is 11.1. The molecule has 3 nitrogen and oxygen atoms in total. The van der Waals surface area contributed by atoms with E-state index in [4.69, 9.17) is 0 Å². The van der Waals surface area contributed by atoms with Gasteiger partial charge in [0.25, 0.3) is 0 Å². The Hall–Kier alpha value is -1.90. The molecule has 0 aliphatic carbocycles. The predicted octanol–water partition coefficient (Wildman–Crippen LogP) is 3.01. The second kappa shape index (κ2) is 3.30. The number of aromatic nitrogens is 3. The van der Waals surface area contributed by atoms with Gasteiger partial charge in [0.15, 0.2) is 5.65 Å². The summed E-state index contributed by atoms with van der Waals surface area (Å²) < 4.78 is 2.11. The molecule has 0 aliphatic rings. The Morgan fingerprint density at radius 2 is 2.06 bits per heavy atom. The predicted molar refractivity (Wildman–Crippen MR) is 64.6 cm³/mol. The second-order valence-corrected chi connectivity index (χ2v) is 4.30. The maximum Gasteiger partial charge on any atom is 0.178 e. The lowest BCUT2D eigenvalue weighted by atomic mass is 10.1. The fourth-order valence-electron chi connectivity index (χ4n) is 1.91. The van der Waals surface area contributed by atoms with Crippen molar-refractivity contribution in [3.8, 4) is 0 Å². The Kier molecular flexibility index (Phi) is 1.93. The van der Waals surface area contributed by atoms with Crippen LogP contribution in [0.15, 0.2) is 36.7 Å². The highest BCUT2D eigenvalue weighted by atomic mass is 15.0. The van der Waals surface area contributed by atoms with Crippen molar-refractivity contribution in [3.63, 3.8) is 0 Å². The number of rotatable bonds is 1. The smallest absolute Gasteiger partial charge is 0.178 e. The molecule has 16 heavy (non-hydrogen) atoms. The third-order valence-electron chi connectivity index (χ3n) is 2.86. The van der Waals surface area contributed by atoms with Crippen LogP contribution in [-0.2, 0) is 0 Å². The number of imidazole rings is 1. The maximum absolute atomic E-state index is 4.47. The minimum absolute atomic E-state index is 0.526. The van der Waals surface area contributed by atoms with Crippen molar-refractivity contribution in [3.05, 3.63) is 42.2 Å². The van der Waals surface area contributed by atoms with E-state index in [0.29, 0.717) is 5.92 Å². The van der Waals surface area contributed by atoms with Crippen LogP contribution in [0.5, 0.6) is 0 Å². The van der Waals surface area contributed by atoms with Gasteiger partial charge in [-0.05, 0) is 29.7 Å². The zero-order valence-corrected chi connectivity index (χ0v) is 9.38. The first kappa shape index (κ1) is 9.33. The third kappa shape index (κ3) is 1.28. The van der Waals surface area contributed by atoms with Gasteiger partial charge in [0, 0.05) is 12.4 Å². The normalized spacial score (nSPS) is 11.7. The van der Waals surface area contributed by atoms with E-state index in [1.165, 1.54) is 5.56 Å². The van der Waals surface area contributed by atoms with Crippen molar-refractivity contribution in [2.24, 2.45) is 0 Å². The van der Waals surface area contributed by atoms with E-state index in [0.717, 1.165) is 16.8 Å². The number of nitrogens with zero attached hydrogens (tertiary/aromatic N) is 3. The van der Waals surface area contributed by atoms with Crippen molar-refractivity contribution in [2.75, 3.05) is 0 Å². The molecule has 3 rings (SSSR count). The van der Waals surface area contributed by atoms with E-state index in [-0.39, 0.29) is 0 Å². The Bertz CT molecular complexity index is 652. The standard InChI is InChI=1S/C13H13N3/c1-9(2)10-5-6-12-15-13-11(16(12)8-10)4-3-7-14-13/h3-9H,1-2H3. The third-order valence-corrected chi connectivity index (χ3v) is 2.86. The SMILES string of the molecule is CC(C)c1ccc2nc3ncccc3n2c1. The molecule has 0 amide bonds. The van der Waals surface area contributed by atoms with Crippen molar-refractivity contribution in [1.82, 2.24) is 14.4 Å². The first-order valence-corrected chi connectivity index (χ1v) is 5.48. The fourth-order valence-corrected chi connectivity index (χ4v) is 1.91. The molecule has 3 aromatic heterocycles. The summed E-state index contributed by atoms with van der Waals surface area (Å²) in [6.45, 7) is 4.39. The van der Waals surface area contributed by atoms with E-state index in [9.17, 15) is 0 Å². The van der Waals surface area contributed by atoms with Crippen molar-refractivity contribution < 1.29 is 0 Å². The summed E-state index contributed by atoms with van der Waals surface area (Å²) in [6, 6.07) is 8.17. The molecule has 3 aromatic rings. The van der Waals surface area contributed by atoms with Gasteiger partial charge in [-0.15, -0.1) is 0 Å². The Morgan fingerprint density at radius 1 is 1.19 bits per heavy atom. The quantitative estimate of drug-likeness (QED) is 0.619. The summed E-state index contributed by atoms with van der Waals surface area (Å²) >= 11 is 0. The molecule has 0 fully saturated rings. The molecule has 0 bridgehead atoms. The van der Waals surface area contributed by atoms with Crippen LogP contribution in [0.4, 0.5) is 0 Å². The highest BCUT2D eigenvalue weighted by molar-refractivity contribution is 5.76. The maximum atomic E-state index is 4.47. The summed E-state index contributed by atoms with van der Waals surface area (Å²) in [5.74, 6) is 0.526. The Morgan fingerprint density at radius 3 is 2.88 bits per heavy atom. The lowest BCUT2D eigenvalue weighted by Gasteiger charge is -2.05. The van der Waals surface area contributed by atoms with Crippen LogP contribution in [0.25, 0.3) is 16.8 Å². The minimum atomic E-state index is 0.526. The highest BCUT2D eigenvalue weighted by Gasteiger charge is 2.06. The average Bonchev–Trinajstić information content (AvgIpc) is 2.66. The molecule has 3 heterocycles. The molecule has 0 saturated carbocycles. The topological polar surface area (TPSA) is 30.2 Å². The molecular weight excluding hydrogens is 198 g/mol. The number of pyridine rings is 2. The molecule has 0 saturated heterocycles. The van der Waals surface area contributed by atoms with Gasteiger partial charge in [0.05, 0.1) is 5.52 Å². The zero-order valence-electron chi connectivity index (χ0n) is 9.38. The molecule has 0 aromatic carbocycles. The number of hydrogen-bond acceptors (Lipinski definition) is 2. The van der Waals surface area contributed by atoms with Crippen molar-refractivity contribution >= 4 is 16.8 Å². The van der Waals surface area contributed by atoms with Gasteiger partial charge in [-0.2, -0.15) is 0 Å². The molecule has 0 aliphatic heterocycles. The molecule has 0 radical (unpaired) electrons. The minimum Gasteiger partial charge on any atom is -0.298 e. The van der Waals surface area contributed by atoms with Crippen LogP contribution < -0.4 is 0 Å². The largest absolute Gasteiger partial charge is 0.298 e. The van der Waals surface area contributed by atoms with Crippen LogP contribution in [0.1, 0.15) is 25.3 Å². The van der Waals surface area contributed by atoms with Crippen LogP contribution in [0.3, 0.4) is 0 Å². The van der Waals surface area contributed by atoms with E-state index in [2.05, 4.69) is 46.5 Å². The van der Waals surface area contributed by atoms with Crippen LogP contribution in [0.2, 0.25) is 0 Å². The second-order valence-electron chi connectivity index (χ2n) is 4.30. The van der Waals surface area contributed by atoms with Crippen LogP contribution in [-0.4, -0.2) is 14.4 Å². The Balaban J connectivity index is 2.40. The Labute approximate surface area is 93.8 Å². The first-order valence-electron chi connectivity index (χ1n) is 5.48. The van der Waals surface area contributed by atoms with Gasteiger partial charge in [0.2, 0.25) is 0 Å². The van der Waals surface area contributed by atoms with Crippen LogP contribution in [0, 0.1) is 0 Å². The average molecular weight is 211 g/mol. The van der Waals surface area contributed by atoms with Gasteiger partial charge in [-0.3, -0.25) is 4.40 Å². The number of hydrogen-bond donors (Lipinski definition) is 0. The molecule has 0 unspecified atom stereocenters. The van der Waals surface area contributed by atoms with Gasteiger partial charge >= 0.3 is 0 Å². The first-order chi connectivity index (χ1) is 7.75. The molecular formula is C13H13N3. The monoisotopic (exact) mass is 211 g/mol. The van der Waals surface area contributed by atoms with E-state index >= 15 is 0 Å². The lowest BCUT2D eigenvalue weighted by molar-refractivity contribution is 0.855. The van der Waals surface area contributed by atoms with Gasteiger partial charge in [-0.1, -0.05) is 19.9 Å². The van der Waals surface area contributed by atoms with Crippen LogP contribution >= 0.6 is 0 Å². The lowest BCUT2D eigenvalue weighted by Crippen LogP contribution is -1.92. The molecule has 0 spiro atoms. The molecule has 0 atom stereocenters. The molecule has 80 valence electrons. The summed E-state index contributed by atoms with van der Waals surface area (Å²) in [7, 11) is 0. The fraction of sp³-hybridized carbons (Fsp3) is 0.231. The van der Waals surface area contributed by atoms with E-state index < -0.39 is 0 Å². The molecule has 0 N–H and O–H groups in total. The van der Waals surface area contributed by atoms with E-state index in [1.54, 1.807) is 6.20 Å². The van der Waals surface area contributed by atoms with E-state index in [1.807, 2.05) is 12.1 Å². The van der Waals surface area contributed by atoms with Crippen molar-refractivity contribution in [1.29, 1.82) is 0 Å². The summed E-state index contributed by atoms with van der Waals surface area (Å²) in [4.78, 5) is 8.73. The highest BCUT2D eigenvalue weighted by Crippen LogP contribution is 2.19.